The summed E-state index contributed by atoms with van der Waals surface area (Å²) in [6, 6.07) is 11.5. The summed E-state index contributed by atoms with van der Waals surface area (Å²) in [6.07, 6.45) is 3.59. The van der Waals surface area contributed by atoms with Gasteiger partial charge in [0.25, 0.3) is 0 Å². The first-order valence-corrected chi connectivity index (χ1v) is 11.1. The number of nitrogens with zero attached hydrogens (tertiary/aromatic N) is 2. The summed E-state index contributed by atoms with van der Waals surface area (Å²) in [4.78, 5) is 41.9. The highest BCUT2D eigenvalue weighted by Gasteiger charge is 2.28. The number of hydrogen-bond donors (Lipinski definition) is 2. The van der Waals surface area contributed by atoms with Gasteiger partial charge in [-0.2, -0.15) is 0 Å². The van der Waals surface area contributed by atoms with Crippen LogP contribution in [0.5, 0.6) is 0 Å². The molecule has 0 saturated heterocycles. The zero-order valence-electron chi connectivity index (χ0n) is 18.0. The van der Waals surface area contributed by atoms with Crippen molar-refractivity contribution in [2.75, 3.05) is 10.6 Å². The summed E-state index contributed by atoms with van der Waals surface area (Å²) >= 11 is 1.18. The third-order valence-corrected chi connectivity index (χ3v) is 5.92. The molecule has 3 amide bonds. The van der Waals surface area contributed by atoms with E-state index < -0.39 is 11.9 Å². The van der Waals surface area contributed by atoms with Gasteiger partial charge in [-0.1, -0.05) is 24.3 Å². The minimum Gasteiger partial charge on any atom is -0.326 e. The third kappa shape index (κ3) is 4.98. The number of benzene rings is 2. The van der Waals surface area contributed by atoms with E-state index >= 15 is 0 Å². The lowest BCUT2D eigenvalue weighted by Gasteiger charge is -2.32. The molecular weight excluding hydrogens is 443 g/mol. The molecular formula is C24H21FN4O3S. The van der Waals surface area contributed by atoms with Crippen LogP contribution >= 0.6 is 11.3 Å². The predicted molar refractivity (Wildman–Crippen MR) is 126 cm³/mol. The number of aromatic nitrogens is 1. The lowest BCUT2D eigenvalue weighted by molar-refractivity contribution is -0.129. The first-order chi connectivity index (χ1) is 15.8. The molecule has 3 aromatic rings. The van der Waals surface area contributed by atoms with Gasteiger partial charge < -0.3 is 15.5 Å². The minimum atomic E-state index is -0.535. The lowest BCUT2D eigenvalue weighted by Crippen LogP contribution is -2.33. The van der Waals surface area contributed by atoms with Gasteiger partial charge in [0.15, 0.2) is 5.13 Å². The molecule has 0 fully saturated rings. The third-order valence-electron chi connectivity index (χ3n) is 5.16. The Morgan fingerprint density at radius 1 is 1.12 bits per heavy atom. The number of amides is 3. The van der Waals surface area contributed by atoms with Gasteiger partial charge in [-0.15, -0.1) is 11.3 Å². The number of anilines is 2. The van der Waals surface area contributed by atoms with E-state index in [0.717, 1.165) is 11.1 Å². The van der Waals surface area contributed by atoms with Crippen LogP contribution in [-0.4, -0.2) is 27.6 Å². The zero-order chi connectivity index (χ0) is 23.5. The second-order valence-electron chi connectivity index (χ2n) is 7.55. The van der Waals surface area contributed by atoms with Crippen molar-refractivity contribution in [3.8, 4) is 11.3 Å². The molecule has 0 spiro atoms. The van der Waals surface area contributed by atoms with E-state index in [9.17, 15) is 18.8 Å². The second kappa shape index (κ2) is 9.33. The Hall–Kier alpha value is -3.85. The first-order valence-electron chi connectivity index (χ1n) is 10.2. The largest absolute Gasteiger partial charge is 0.326 e. The summed E-state index contributed by atoms with van der Waals surface area (Å²) < 4.78 is 14.5. The number of carbonyl (C=O) groups is 3. The normalized spacial score (nSPS) is 14.5. The maximum Gasteiger partial charge on any atom is 0.228 e. The van der Waals surface area contributed by atoms with E-state index in [-0.39, 0.29) is 29.7 Å². The minimum absolute atomic E-state index is 0.0512. The van der Waals surface area contributed by atoms with Crippen molar-refractivity contribution in [3.63, 3.8) is 0 Å². The molecule has 0 saturated carbocycles. The van der Waals surface area contributed by atoms with E-state index in [2.05, 4.69) is 15.6 Å². The van der Waals surface area contributed by atoms with Gasteiger partial charge in [0.05, 0.1) is 18.2 Å². The molecule has 1 aliphatic heterocycles. The van der Waals surface area contributed by atoms with Crippen LogP contribution in [-0.2, 0) is 14.4 Å². The average Bonchev–Trinajstić information content (AvgIpc) is 3.21. The monoisotopic (exact) mass is 464 g/mol. The van der Waals surface area contributed by atoms with Gasteiger partial charge in [-0.25, -0.2) is 9.37 Å². The van der Waals surface area contributed by atoms with Crippen molar-refractivity contribution in [1.29, 1.82) is 0 Å². The van der Waals surface area contributed by atoms with Gasteiger partial charge >= 0.3 is 0 Å². The second-order valence-corrected chi connectivity index (χ2v) is 8.41. The van der Waals surface area contributed by atoms with E-state index in [1.165, 1.54) is 37.3 Å². The van der Waals surface area contributed by atoms with Crippen LogP contribution in [0.4, 0.5) is 15.2 Å². The highest BCUT2D eigenvalue weighted by Crippen LogP contribution is 2.34. The Kier molecular flexibility index (Phi) is 6.32. The van der Waals surface area contributed by atoms with Gasteiger partial charge in [-0.3, -0.25) is 14.4 Å². The quantitative estimate of drug-likeness (QED) is 0.567. The molecule has 1 aliphatic rings. The Labute approximate surface area is 194 Å². The number of halogens is 1. The average molecular weight is 465 g/mol. The SMILES string of the molecule is CC(=O)Nc1ccc(-c2csc(NC(=O)CC3c4ccccc4C=CN3C(C)=O)n2)c(F)c1. The Bertz CT molecular complexity index is 1270. The summed E-state index contributed by atoms with van der Waals surface area (Å²) in [7, 11) is 0. The molecule has 168 valence electrons. The number of fused-ring (bicyclic) bond motifs is 1. The van der Waals surface area contributed by atoms with E-state index in [1.807, 2.05) is 30.3 Å². The van der Waals surface area contributed by atoms with Crippen molar-refractivity contribution < 1.29 is 18.8 Å². The summed E-state index contributed by atoms with van der Waals surface area (Å²) in [5, 5.41) is 7.25. The van der Waals surface area contributed by atoms with Gasteiger partial charge in [0.2, 0.25) is 17.7 Å². The number of hydrogen-bond acceptors (Lipinski definition) is 5. The Morgan fingerprint density at radius 2 is 1.91 bits per heavy atom. The highest BCUT2D eigenvalue weighted by molar-refractivity contribution is 7.14. The van der Waals surface area contributed by atoms with Crippen LogP contribution in [0.1, 0.15) is 37.4 Å². The van der Waals surface area contributed by atoms with Crippen LogP contribution in [0.3, 0.4) is 0 Å². The topological polar surface area (TPSA) is 91.4 Å². The number of thiazole rings is 1. The fourth-order valence-corrected chi connectivity index (χ4v) is 4.44. The van der Waals surface area contributed by atoms with Crippen molar-refractivity contribution in [2.45, 2.75) is 26.3 Å². The van der Waals surface area contributed by atoms with Gasteiger partial charge in [0.1, 0.15) is 5.82 Å². The molecule has 2 aromatic carbocycles. The molecule has 7 nitrogen and oxygen atoms in total. The molecule has 1 unspecified atom stereocenters. The van der Waals surface area contributed by atoms with E-state index in [4.69, 9.17) is 0 Å². The summed E-state index contributed by atoms with van der Waals surface area (Å²) in [5.41, 5.74) is 2.84. The standard InChI is InChI=1S/C24H21FN4O3S/c1-14(30)26-17-7-8-19(20(25)11-17)21-13-33-24(27-21)28-23(32)12-22-18-6-4-3-5-16(18)9-10-29(22)15(2)31/h3-11,13,22H,12H2,1-2H3,(H,26,30)(H,27,28,32). The van der Waals surface area contributed by atoms with Crippen LogP contribution in [0.15, 0.2) is 54.0 Å². The Morgan fingerprint density at radius 3 is 2.64 bits per heavy atom. The number of carbonyl (C=O) groups excluding carboxylic acids is 3. The Balaban J connectivity index is 1.48. The molecule has 2 heterocycles. The molecule has 1 atom stereocenters. The van der Waals surface area contributed by atoms with Crippen LogP contribution in [0.2, 0.25) is 0 Å². The van der Waals surface area contributed by atoms with Gasteiger partial charge in [-0.05, 0) is 35.4 Å². The molecule has 4 rings (SSSR count). The van der Waals surface area contributed by atoms with E-state index in [1.54, 1.807) is 22.5 Å². The van der Waals surface area contributed by atoms with Crippen molar-refractivity contribution in [3.05, 3.63) is 71.0 Å². The molecule has 0 aliphatic carbocycles. The van der Waals surface area contributed by atoms with Gasteiger partial charge in [0, 0.05) is 36.7 Å². The molecule has 9 heteroatoms. The number of nitrogens with one attached hydrogen (secondary N) is 2. The molecule has 0 bridgehead atoms. The number of rotatable bonds is 5. The smallest absolute Gasteiger partial charge is 0.228 e. The zero-order valence-corrected chi connectivity index (χ0v) is 18.8. The maximum atomic E-state index is 14.5. The van der Waals surface area contributed by atoms with E-state index in [0.29, 0.717) is 16.5 Å². The van der Waals surface area contributed by atoms with Crippen molar-refractivity contribution >= 4 is 46.0 Å². The molecule has 33 heavy (non-hydrogen) atoms. The molecule has 1 aromatic heterocycles. The summed E-state index contributed by atoms with van der Waals surface area (Å²) in [5.74, 6) is -1.29. The summed E-state index contributed by atoms with van der Waals surface area (Å²) in [6.45, 7) is 2.81. The van der Waals surface area contributed by atoms with Crippen LogP contribution < -0.4 is 10.6 Å². The van der Waals surface area contributed by atoms with Crippen LogP contribution in [0, 0.1) is 5.82 Å². The fraction of sp³-hybridized carbons (Fsp3) is 0.167. The highest BCUT2D eigenvalue weighted by atomic mass is 32.1. The molecule has 2 N–H and O–H groups in total. The fourth-order valence-electron chi connectivity index (χ4n) is 3.72. The van der Waals surface area contributed by atoms with Crippen molar-refractivity contribution in [1.82, 2.24) is 9.88 Å². The van der Waals surface area contributed by atoms with Crippen molar-refractivity contribution in [2.24, 2.45) is 0 Å². The first kappa shape index (κ1) is 22.3. The molecule has 0 radical (unpaired) electrons. The predicted octanol–water partition coefficient (Wildman–Crippen LogP) is 4.81. The van der Waals surface area contributed by atoms with Crippen LogP contribution in [0.25, 0.3) is 17.3 Å². The maximum absolute atomic E-state index is 14.5. The lowest BCUT2D eigenvalue weighted by atomic mass is 9.93.